The van der Waals surface area contributed by atoms with E-state index >= 15 is 0 Å². The lowest BCUT2D eigenvalue weighted by atomic mass is 9.98. The predicted molar refractivity (Wildman–Crippen MR) is 89.2 cm³/mol. The molecule has 3 nitrogen and oxygen atoms in total. The van der Waals surface area contributed by atoms with Gasteiger partial charge >= 0.3 is 0 Å². The van der Waals surface area contributed by atoms with Crippen molar-refractivity contribution in [3.8, 4) is 11.5 Å². The summed E-state index contributed by atoms with van der Waals surface area (Å²) in [5.41, 5.74) is 2.39. The van der Waals surface area contributed by atoms with Crippen molar-refractivity contribution in [2.24, 2.45) is 0 Å². The Kier molecular flexibility index (Phi) is 5.65. The van der Waals surface area contributed by atoms with Crippen LogP contribution in [0.5, 0.6) is 11.5 Å². The van der Waals surface area contributed by atoms with Crippen LogP contribution in [0.3, 0.4) is 0 Å². The van der Waals surface area contributed by atoms with Crippen LogP contribution < -0.4 is 14.8 Å². The molecule has 4 heteroatoms. The molecule has 1 atom stereocenters. The van der Waals surface area contributed by atoms with Gasteiger partial charge in [-0.3, -0.25) is 0 Å². The molecule has 112 valence electrons. The van der Waals surface area contributed by atoms with Crippen LogP contribution in [0.15, 0.2) is 46.9 Å². The molecule has 0 bridgehead atoms. The fourth-order valence-electron chi connectivity index (χ4n) is 2.34. The van der Waals surface area contributed by atoms with Crippen molar-refractivity contribution in [1.82, 2.24) is 5.32 Å². The van der Waals surface area contributed by atoms with Crippen molar-refractivity contribution >= 4 is 15.9 Å². The van der Waals surface area contributed by atoms with Gasteiger partial charge in [-0.1, -0.05) is 28.1 Å². The number of rotatable bonds is 6. The number of likely N-dealkylation sites (N-methyl/N-ethyl adjacent to an activating group) is 1. The summed E-state index contributed by atoms with van der Waals surface area (Å²) in [5.74, 6) is 1.77. The van der Waals surface area contributed by atoms with Gasteiger partial charge in [0.25, 0.3) is 0 Å². The molecular weight excluding hydrogens is 330 g/mol. The van der Waals surface area contributed by atoms with Crippen molar-refractivity contribution in [3.63, 3.8) is 0 Å². The molecule has 0 aliphatic carbocycles. The van der Waals surface area contributed by atoms with E-state index in [1.165, 1.54) is 5.56 Å². The zero-order valence-corrected chi connectivity index (χ0v) is 14.1. The van der Waals surface area contributed by atoms with Crippen LogP contribution in [-0.2, 0) is 6.42 Å². The second kappa shape index (κ2) is 7.48. The Morgan fingerprint density at radius 3 is 2.33 bits per heavy atom. The molecule has 2 rings (SSSR count). The van der Waals surface area contributed by atoms with E-state index in [9.17, 15) is 0 Å². The normalized spacial score (nSPS) is 12.0. The van der Waals surface area contributed by atoms with E-state index in [4.69, 9.17) is 9.47 Å². The first-order valence-electron chi connectivity index (χ1n) is 6.81. The van der Waals surface area contributed by atoms with Gasteiger partial charge in [0.1, 0.15) is 11.5 Å². The molecular formula is C17H20BrNO2. The topological polar surface area (TPSA) is 30.5 Å². The van der Waals surface area contributed by atoms with Gasteiger partial charge in [0.15, 0.2) is 0 Å². The van der Waals surface area contributed by atoms with Gasteiger partial charge in [-0.25, -0.2) is 0 Å². The first kappa shape index (κ1) is 15.9. The minimum atomic E-state index is 0.186. The highest BCUT2D eigenvalue weighted by Crippen LogP contribution is 2.30. The summed E-state index contributed by atoms with van der Waals surface area (Å²) in [6.45, 7) is 0. The lowest BCUT2D eigenvalue weighted by Gasteiger charge is -2.20. The SMILES string of the molecule is CNC(Cc1ccc(OC)cc1)c1cc(Br)ccc1OC. The molecule has 0 radical (unpaired) electrons. The predicted octanol–water partition coefficient (Wildman–Crippen LogP) is 3.97. The summed E-state index contributed by atoms with van der Waals surface area (Å²) >= 11 is 3.53. The number of methoxy groups -OCH3 is 2. The molecule has 1 N–H and O–H groups in total. The molecule has 0 aliphatic rings. The standard InChI is InChI=1S/C17H20BrNO2/c1-19-16(10-12-4-7-14(20-2)8-5-12)15-11-13(18)6-9-17(15)21-3/h4-9,11,16,19H,10H2,1-3H3. The molecule has 2 aromatic rings. The Hall–Kier alpha value is -1.52. The Bertz CT molecular complexity index is 584. The maximum Gasteiger partial charge on any atom is 0.123 e. The van der Waals surface area contributed by atoms with Gasteiger partial charge in [0.05, 0.1) is 14.2 Å². The molecule has 0 aromatic heterocycles. The molecule has 0 amide bonds. The van der Waals surface area contributed by atoms with Gasteiger partial charge < -0.3 is 14.8 Å². The molecule has 21 heavy (non-hydrogen) atoms. The number of hydrogen-bond donors (Lipinski definition) is 1. The first-order chi connectivity index (χ1) is 10.2. The van der Waals surface area contributed by atoms with E-state index in [1.807, 2.05) is 31.3 Å². The lowest BCUT2D eigenvalue weighted by molar-refractivity contribution is 0.401. The minimum Gasteiger partial charge on any atom is -0.497 e. The van der Waals surface area contributed by atoms with Crippen molar-refractivity contribution < 1.29 is 9.47 Å². The molecule has 0 aliphatic heterocycles. The van der Waals surface area contributed by atoms with Crippen LogP contribution in [0, 0.1) is 0 Å². The Morgan fingerprint density at radius 2 is 1.76 bits per heavy atom. The van der Waals surface area contributed by atoms with Gasteiger partial charge in [-0.15, -0.1) is 0 Å². The van der Waals surface area contributed by atoms with E-state index in [2.05, 4.69) is 39.4 Å². The fourth-order valence-corrected chi connectivity index (χ4v) is 2.72. The first-order valence-corrected chi connectivity index (χ1v) is 7.61. The molecule has 2 aromatic carbocycles. The van der Waals surface area contributed by atoms with E-state index in [-0.39, 0.29) is 6.04 Å². The smallest absolute Gasteiger partial charge is 0.123 e. The summed E-state index contributed by atoms with van der Waals surface area (Å²) in [5, 5.41) is 3.37. The van der Waals surface area contributed by atoms with Crippen LogP contribution in [-0.4, -0.2) is 21.3 Å². The van der Waals surface area contributed by atoms with Gasteiger partial charge in [0.2, 0.25) is 0 Å². The second-order valence-corrected chi connectivity index (χ2v) is 5.70. The lowest BCUT2D eigenvalue weighted by Crippen LogP contribution is -2.19. The number of ether oxygens (including phenoxy) is 2. The largest absolute Gasteiger partial charge is 0.497 e. The number of hydrogen-bond acceptors (Lipinski definition) is 3. The van der Waals surface area contributed by atoms with Gasteiger partial charge in [-0.05, 0) is 49.4 Å². The quantitative estimate of drug-likeness (QED) is 0.855. The van der Waals surface area contributed by atoms with Crippen molar-refractivity contribution in [2.45, 2.75) is 12.5 Å². The summed E-state index contributed by atoms with van der Waals surface area (Å²) in [4.78, 5) is 0. The van der Waals surface area contributed by atoms with Crippen molar-refractivity contribution in [1.29, 1.82) is 0 Å². The van der Waals surface area contributed by atoms with Crippen LogP contribution in [0.2, 0.25) is 0 Å². The Balaban J connectivity index is 2.24. The van der Waals surface area contributed by atoms with Gasteiger partial charge in [0, 0.05) is 16.1 Å². The molecule has 1 unspecified atom stereocenters. The van der Waals surface area contributed by atoms with Crippen LogP contribution in [0.1, 0.15) is 17.2 Å². The maximum atomic E-state index is 5.48. The number of halogens is 1. The molecule has 0 fully saturated rings. The van der Waals surface area contributed by atoms with Crippen molar-refractivity contribution in [2.75, 3.05) is 21.3 Å². The van der Waals surface area contributed by atoms with Crippen LogP contribution in [0.4, 0.5) is 0 Å². The van der Waals surface area contributed by atoms with Gasteiger partial charge in [-0.2, -0.15) is 0 Å². The number of benzene rings is 2. The summed E-state index contributed by atoms with van der Waals surface area (Å²) in [6.07, 6.45) is 0.882. The average Bonchev–Trinajstić information content (AvgIpc) is 2.53. The zero-order valence-electron chi connectivity index (χ0n) is 12.5. The van der Waals surface area contributed by atoms with E-state index in [0.29, 0.717) is 0 Å². The minimum absolute atomic E-state index is 0.186. The van der Waals surface area contributed by atoms with E-state index < -0.39 is 0 Å². The maximum absolute atomic E-state index is 5.48. The molecule has 0 saturated heterocycles. The summed E-state index contributed by atoms with van der Waals surface area (Å²) in [7, 11) is 5.35. The van der Waals surface area contributed by atoms with Crippen LogP contribution in [0.25, 0.3) is 0 Å². The third kappa shape index (κ3) is 3.99. The molecule has 0 saturated carbocycles. The third-order valence-corrected chi connectivity index (χ3v) is 4.01. The second-order valence-electron chi connectivity index (χ2n) is 4.78. The third-order valence-electron chi connectivity index (χ3n) is 3.51. The molecule has 0 heterocycles. The van der Waals surface area contributed by atoms with Crippen molar-refractivity contribution in [3.05, 3.63) is 58.1 Å². The highest BCUT2D eigenvalue weighted by Gasteiger charge is 2.15. The molecule has 0 spiro atoms. The highest BCUT2D eigenvalue weighted by atomic mass is 79.9. The fraction of sp³-hybridized carbons (Fsp3) is 0.294. The highest BCUT2D eigenvalue weighted by molar-refractivity contribution is 9.10. The average molecular weight is 350 g/mol. The Labute approximate surface area is 134 Å². The Morgan fingerprint density at radius 1 is 1.05 bits per heavy atom. The number of nitrogens with one attached hydrogen (secondary N) is 1. The van der Waals surface area contributed by atoms with Crippen LogP contribution >= 0.6 is 15.9 Å². The monoisotopic (exact) mass is 349 g/mol. The van der Waals surface area contributed by atoms with E-state index in [0.717, 1.165) is 28.0 Å². The summed E-state index contributed by atoms with van der Waals surface area (Å²) < 4.78 is 11.7. The van der Waals surface area contributed by atoms with E-state index in [1.54, 1.807) is 14.2 Å². The summed E-state index contributed by atoms with van der Waals surface area (Å²) in [6, 6.07) is 14.4. The zero-order chi connectivity index (χ0) is 15.2.